The summed E-state index contributed by atoms with van der Waals surface area (Å²) in [6.07, 6.45) is 5.20. The van der Waals surface area contributed by atoms with E-state index in [2.05, 4.69) is 17.6 Å². The molecule has 1 heterocycles. The van der Waals surface area contributed by atoms with E-state index in [-0.39, 0.29) is 11.1 Å². The molecule has 5 heteroatoms. The number of carbonyl (C=O) groups is 1. The van der Waals surface area contributed by atoms with E-state index in [1.165, 1.54) is 16.8 Å². The predicted molar refractivity (Wildman–Crippen MR) is 106 cm³/mol. The number of hydrogen-bond acceptors (Lipinski definition) is 3. The van der Waals surface area contributed by atoms with Gasteiger partial charge in [-0.15, -0.1) is 5.73 Å². The maximum atomic E-state index is 12.8. The zero-order chi connectivity index (χ0) is 19.3. The molecule has 2 aromatic rings. The van der Waals surface area contributed by atoms with Crippen LogP contribution in [0.1, 0.15) is 39.5 Å². The molecule has 1 aromatic heterocycles. The zero-order valence-electron chi connectivity index (χ0n) is 15.3. The summed E-state index contributed by atoms with van der Waals surface area (Å²) >= 11 is 0. The van der Waals surface area contributed by atoms with Gasteiger partial charge in [-0.2, -0.15) is 0 Å². The van der Waals surface area contributed by atoms with Crippen LogP contribution < -0.4 is 16.6 Å². The van der Waals surface area contributed by atoms with Crippen LogP contribution in [0, 0.1) is 6.92 Å². The third-order valence-electron chi connectivity index (χ3n) is 4.15. The van der Waals surface area contributed by atoms with Crippen molar-refractivity contribution in [2.24, 2.45) is 5.73 Å². The summed E-state index contributed by atoms with van der Waals surface area (Å²) in [6.45, 7) is 8.03. The maximum absolute atomic E-state index is 12.8. The fraction of sp³-hybridized carbons (Fsp3) is 0.190. The summed E-state index contributed by atoms with van der Waals surface area (Å²) in [5, 5.41) is 2.85. The number of amides is 1. The number of rotatable bonds is 6. The Morgan fingerprint density at radius 1 is 1.42 bits per heavy atom. The third kappa shape index (κ3) is 4.02. The minimum Gasteiger partial charge on any atom is -0.388 e. The molecular formula is C21H23N3O2. The van der Waals surface area contributed by atoms with Crippen LogP contribution in [-0.2, 0) is 6.54 Å². The molecule has 2 rings (SSSR count). The van der Waals surface area contributed by atoms with E-state index in [1.807, 2.05) is 44.2 Å². The number of allylic oxidation sites excluding steroid dienone is 1. The van der Waals surface area contributed by atoms with Gasteiger partial charge in [-0.05, 0) is 48.8 Å². The lowest BCUT2D eigenvalue weighted by molar-refractivity contribution is 0.0999. The molecule has 0 aliphatic heterocycles. The predicted octanol–water partition coefficient (Wildman–Crippen LogP) is 2.68. The minimum atomic E-state index is -0.595. The number of nitrogens with two attached hydrogens (primary N) is 1. The highest BCUT2D eigenvalue weighted by Crippen LogP contribution is 2.17. The second-order valence-electron chi connectivity index (χ2n) is 5.92. The number of carbonyl (C=O) groups excluding carboxylic acids is 1. The van der Waals surface area contributed by atoms with E-state index < -0.39 is 5.91 Å². The quantitative estimate of drug-likeness (QED) is 0.787. The number of primary amides is 1. The second kappa shape index (κ2) is 8.19. The summed E-state index contributed by atoms with van der Waals surface area (Å²) in [4.78, 5) is 24.5. The smallest absolute Gasteiger partial charge is 0.260 e. The Morgan fingerprint density at radius 2 is 2.15 bits per heavy atom. The lowest BCUT2D eigenvalue weighted by Crippen LogP contribution is -2.28. The Balaban J connectivity index is 2.64. The monoisotopic (exact) mass is 349 g/mol. The van der Waals surface area contributed by atoms with E-state index in [0.717, 1.165) is 16.7 Å². The van der Waals surface area contributed by atoms with Gasteiger partial charge in [0.25, 0.3) is 5.56 Å². The van der Waals surface area contributed by atoms with Crippen molar-refractivity contribution >= 4 is 17.7 Å². The molecule has 0 atom stereocenters. The highest BCUT2D eigenvalue weighted by molar-refractivity contribution is 5.93. The van der Waals surface area contributed by atoms with Crippen molar-refractivity contribution in [3.05, 3.63) is 87.0 Å². The van der Waals surface area contributed by atoms with Gasteiger partial charge in [-0.25, -0.2) is 0 Å². The number of aromatic nitrogens is 1. The SMILES string of the molecule is C=C(NC)c1cc(C(N)=O)cn(Cc2cccc(C)c2C=C=CC)c1=O. The van der Waals surface area contributed by atoms with Crippen molar-refractivity contribution in [2.75, 3.05) is 7.05 Å². The molecule has 26 heavy (non-hydrogen) atoms. The maximum Gasteiger partial charge on any atom is 0.260 e. The molecule has 0 radical (unpaired) electrons. The van der Waals surface area contributed by atoms with Crippen LogP contribution in [0.25, 0.3) is 11.8 Å². The Hall–Kier alpha value is -3.30. The molecule has 0 fully saturated rings. The Bertz CT molecular complexity index is 977. The molecule has 0 unspecified atom stereocenters. The van der Waals surface area contributed by atoms with Gasteiger partial charge in [0.05, 0.1) is 17.7 Å². The molecular weight excluding hydrogens is 326 g/mol. The normalized spacial score (nSPS) is 9.96. The van der Waals surface area contributed by atoms with Crippen molar-refractivity contribution in [1.29, 1.82) is 0 Å². The van der Waals surface area contributed by atoms with Crippen molar-refractivity contribution < 1.29 is 4.79 Å². The average Bonchev–Trinajstić information content (AvgIpc) is 2.62. The summed E-state index contributed by atoms with van der Waals surface area (Å²) in [5.74, 6) is -0.595. The molecule has 3 N–H and O–H groups in total. The number of hydrogen-bond donors (Lipinski definition) is 2. The molecule has 0 saturated heterocycles. The topological polar surface area (TPSA) is 77.1 Å². The first-order chi connectivity index (χ1) is 12.4. The summed E-state index contributed by atoms with van der Waals surface area (Å²) < 4.78 is 1.49. The van der Waals surface area contributed by atoms with Gasteiger partial charge in [-0.3, -0.25) is 9.59 Å². The van der Waals surface area contributed by atoms with Crippen LogP contribution in [0.3, 0.4) is 0 Å². The number of nitrogens with zero attached hydrogens (tertiary/aromatic N) is 1. The molecule has 0 aliphatic rings. The van der Waals surface area contributed by atoms with E-state index in [1.54, 1.807) is 7.05 Å². The fourth-order valence-electron chi connectivity index (χ4n) is 2.67. The lowest BCUT2D eigenvalue weighted by Gasteiger charge is -2.14. The van der Waals surface area contributed by atoms with Crippen LogP contribution in [0.15, 0.2) is 53.6 Å². The fourth-order valence-corrected chi connectivity index (χ4v) is 2.67. The van der Waals surface area contributed by atoms with Crippen LogP contribution in [-0.4, -0.2) is 17.5 Å². The van der Waals surface area contributed by atoms with Crippen molar-refractivity contribution in [2.45, 2.75) is 20.4 Å². The van der Waals surface area contributed by atoms with Gasteiger partial charge >= 0.3 is 0 Å². The first kappa shape index (κ1) is 19.0. The summed E-state index contributed by atoms with van der Waals surface area (Å²) in [7, 11) is 1.67. The summed E-state index contributed by atoms with van der Waals surface area (Å²) in [5.41, 5.74) is 12.3. The molecule has 134 valence electrons. The average molecular weight is 349 g/mol. The third-order valence-corrected chi connectivity index (χ3v) is 4.15. The standard InChI is InChI=1S/C21H23N3O2/c1-5-6-10-18-14(2)8-7-9-16(18)12-24-13-17(20(22)25)11-19(21(24)26)15(3)23-4/h5,7-11,13,23H,3,12H2,1-2,4H3,(H2,22,25). The molecule has 0 spiro atoms. The Labute approximate surface area is 153 Å². The van der Waals surface area contributed by atoms with Crippen LogP contribution >= 0.6 is 0 Å². The van der Waals surface area contributed by atoms with Gasteiger partial charge < -0.3 is 15.6 Å². The lowest BCUT2D eigenvalue weighted by atomic mass is 10.0. The van der Waals surface area contributed by atoms with Crippen LogP contribution in [0.5, 0.6) is 0 Å². The highest BCUT2D eigenvalue weighted by Gasteiger charge is 2.13. The highest BCUT2D eigenvalue weighted by atomic mass is 16.1. The van der Waals surface area contributed by atoms with Gasteiger partial charge in [-0.1, -0.05) is 24.8 Å². The van der Waals surface area contributed by atoms with Gasteiger partial charge in [0.2, 0.25) is 5.91 Å². The molecule has 0 saturated carbocycles. The van der Waals surface area contributed by atoms with Gasteiger partial charge in [0.1, 0.15) is 0 Å². The van der Waals surface area contributed by atoms with Gasteiger partial charge in [0.15, 0.2) is 0 Å². The summed E-state index contributed by atoms with van der Waals surface area (Å²) in [6, 6.07) is 7.36. The molecule has 5 nitrogen and oxygen atoms in total. The van der Waals surface area contributed by atoms with Crippen LogP contribution in [0.2, 0.25) is 0 Å². The van der Waals surface area contributed by atoms with Crippen LogP contribution in [0.4, 0.5) is 0 Å². The van der Waals surface area contributed by atoms with E-state index in [0.29, 0.717) is 17.8 Å². The van der Waals surface area contributed by atoms with Crippen molar-refractivity contribution in [3.8, 4) is 0 Å². The Kier molecular flexibility index (Phi) is 5.99. The largest absolute Gasteiger partial charge is 0.388 e. The molecule has 1 aromatic carbocycles. The zero-order valence-corrected chi connectivity index (χ0v) is 15.3. The van der Waals surface area contributed by atoms with E-state index >= 15 is 0 Å². The second-order valence-corrected chi connectivity index (χ2v) is 5.92. The first-order valence-electron chi connectivity index (χ1n) is 8.26. The Morgan fingerprint density at radius 3 is 2.77 bits per heavy atom. The van der Waals surface area contributed by atoms with Crippen molar-refractivity contribution in [3.63, 3.8) is 0 Å². The van der Waals surface area contributed by atoms with E-state index in [4.69, 9.17) is 5.73 Å². The number of benzene rings is 1. The number of pyridine rings is 1. The van der Waals surface area contributed by atoms with Crippen molar-refractivity contribution in [1.82, 2.24) is 9.88 Å². The van der Waals surface area contributed by atoms with E-state index in [9.17, 15) is 9.59 Å². The number of nitrogens with one attached hydrogen (secondary N) is 1. The van der Waals surface area contributed by atoms with Gasteiger partial charge in [0, 0.05) is 18.9 Å². The molecule has 1 amide bonds. The molecule has 0 aliphatic carbocycles. The number of aryl methyl sites for hydroxylation is 1. The minimum absolute atomic E-state index is 0.239. The molecule has 0 bridgehead atoms. The first-order valence-corrected chi connectivity index (χ1v) is 8.26.